The lowest BCUT2D eigenvalue weighted by molar-refractivity contribution is -0.142. The fraction of sp³-hybridized carbons (Fsp3) is 0.811. The van der Waals surface area contributed by atoms with Crippen LogP contribution in [-0.4, -0.2) is 236 Å². The number of carboxylic acid groups (broad SMARTS) is 1. The Morgan fingerprint density at radius 2 is 0.359 bits per heavy atom. The predicted octanol–water partition coefficient (Wildman–Crippen LogP) is 0.224. The molecule has 14 amide bonds. The number of amides is 14. The molecule has 0 saturated carbocycles. The molecule has 754 valence electrons. The van der Waals surface area contributed by atoms with Crippen molar-refractivity contribution in [1.29, 1.82) is 0 Å². The van der Waals surface area contributed by atoms with Gasteiger partial charge in [0.25, 0.3) is 0 Å². The van der Waals surface area contributed by atoms with Crippen LogP contribution in [0.5, 0.6) is 0 Å². The highest BCUT2D eigenvalue weighted by atomic mass is 16.4. The van der Waals surface area contributed by atoms with E-state index in [9.17, 15) is 77.0 Å². The van der Waals surface area contributed by atoms with Crippen molar-refractivity contribution in [2.75, 3.05) is 39.3 Å². The number of guanidine groups is 2. The first-order chi connectivity index (χ1) is 61.4. The highest BCUT2D eigenvalue weighted by Gasteiger charge is 2.40. The largest absolute Gasteiger partial charge is 0.480 e. The molecule has 0 aromatic carbocycles. The summed E-state index contributed by atoms with van der Waals surface area (Å²) in [7, 11) is 0. The monoisotopic (exact) mass is 1860 g/mol. The van der Waals surface area contributed by atoms with E-state index < -0.39 is 179 Å². The summed E-state index contributed by atoms with van der Waals surface area (Å²) in [6.45, 7) is 34.0. The molecule has 0 bridgehead atoms. The van der Waals surface area contributed by atoms with Crippen molar-refractivity contribution in [2.45, 2.75) is 376 Å². The van der Waals surface area contributed by atoms with Gasteiger partial charge in [-0.3, -0.25) is 77.1 Å². The molecular formula is C90H173N25O16. The number of aliphatic carboxylic acids is 1. The molecule has 0 fully saturated rings. The summed E-state index contributed by atoms with van der Waals surface area (Å²) in [4.78, 5) is 224. The first-order valence-corrected chi connectivity index (χ1v) is 47.5. The van der Waals surface area contributed by atoms with Crippen LogP contribution in [-0.2, 0) is 71.9 Å². The lowest BCUT2D eigenvalue weighted by Gasteiger charge is -2.30. The van der Waals surface area contributed by atoms with Crippen LogP contribution < -0.4 is 126 Å². The van der Waals surface area contributed by atoms with Crippen molar-refractivity contribution < 1.29 is 77.0 Å². The maximum Gasteiger partial charge on any atom is 0.326 e. The molecule has 0 unspecified atom stereocenters. The van der Waals surface area contributed by atoms with Gasteiger partial charge in [-0.1, -0.05) is 131 Å². The number of aliphatic imine (C=N–C) groups is 2. The maximum absolute atomic E-state index is 15.0. The second-order valence-corrected chi connectivity index (χ2v) is 38.5. The molecule has 131 heavy (non-hydrogen) atoms. The van der Waals surface area contributed by atoms with E-state index in [1.807, 2.05) is 83.1 Å². The van der Waals surface area contributed by atoms with Crippen molar-refractivity contribution in [3.63, 3.8) is 0 Å². The number of unbranched alkanes of at least 4 members (excludes halogenated alkanes) is 4. The van der Waals surface area contributed by atoms with Crippen LogP contribution in [0, 0.1) is 53.3 Å². The molecule has 0 heterocycles. The zero-order chi connectivity index (χ0) is 99.9. The van der Waals surface area contributed by atoms with Gasteiger partial charge in [-0.25, -0.2) is 4.79 Å². The topological polar surface area (TPSA) is 704 Å². The number of nitrogens with zero attached hydrogens (tertiary/aromatic N) is 2. The van der Waals surface area contributed by atoms with E-state index >= 15 is 0 Å². The summed E-state index contributed by atoms with van der Waals surface area (Å²) >= 11 is 0. The molecule has 0 radical (unpaired) electrons. The molecule has 0 aliphatic heterocycles. The Morgan fingerprint density at radius 1 is 0.214 bits per heavy atom. The highest BCUT2D eigenvalue weighted by Crippen LogP contribution is 2.20. The van der Waals surface area contributed by atoms with E-state index in [2.05, 4.69) is 84.4 Å². The van der Waals surface area contributed by atoms with Crippen LogP contribution in [0.25, 0.3) is 0 Å². The van der Waals surface area contributed by atoms with Crippen molar-refractivity contribution in [3.05, 3.63) is 0 Å². The molecule has 0 aliphatic carbocycles. The Labute approximate surface area is 778 Å². The standard InChI is InChI=1S/C90H173N25O16/c1-50(2)41-65(107-74(116)59(95)29-19-23-35-91)83(125)115-73(49-58(17)18)87(129)113-68(44-53(7)8)81(123)105-62(33-27-39-100-89(96)97)77(119)109-71(47-56(13)14)85(127)111-66(42-51(3)4)79(121)103-60(30-20-24-36-92)75(117)102-61(31-21-25-37-93)76(118)108-70(46-55(11)12)84(126)112-67(43-52(5)6)80(122)104-63(34-28-40-101-90(98)99)78(120)110-72(48-57(15)16)86(128)114-69(45-54(9)10)82(124)106-64(88(130)131)32-22-26-38-94/h50-73H,19-49,91-95H2,1-18H3,(H,102,117)(H,103,121)(H,104,122)(H,105,123)(H,106,124)(H,107,116)(H,108,118)(H,109,119)(H,110,120)(H,111,127)(H,112,126)(H,113,129)(H,114,128)(H,115,125)(H,130,131)(H4,96,97,100)(H4,98,99,101)/t59-,60+,61+,62-,63-,64-,65-,66-,67-,68-,69-,70-,71+,72+,73+/m0/s1. The summed E-state index contributed by atoms with van der Waals surface area (Å²) in [6, 6.07) is -19.0. The predicted molar refractivity (Wildman–Crippen MR) is 509 cm³/mol. The molecule has 0 saturated heterocycles. The number of hydrogen-bond acceptors (Lipinski definition) is 22. The second kappa shape index (κ2) is 66.7. The molecule has 0 spiro atoms. The number of carbonyl (C=O) groups is 15. The number of nitrogens with one attached hydrogen (secondary N) is 14. The SMILES string of the molecule is CC(C)C[C@H](NC(=O)[C@H](CC(C)C)NC(=O)[C@@H](CCCCN)NC(=O)[C@@H](CCCCN)NC(=O)[C@H](CC(C)C)NC(=O)[C@@H](CC(C)C)NC(=O)[C@H](CCCN=C(N)N)NC(=O)[C@H](CC(C)C)NC(=O)[C@@H](CC(C)C)NC(=O)[C@H](CC(C)C)NC(=O)[C@@H](N)CCCCN)C(=O)N[C@@H](CCCN=C(N)N)C(=O)N[C@H](CC(C)C)C(=O)N[C@@H](CC(C)C)C(=O)N[C@@H](CCCCN)C(=O)O. The van der Waals surface area contributed by atoms with Gasteiger partial charge in [-0.2, -0.15) is 0 Å². The molecule has 15 atom stereocenters. The zero-order valence-corrected chi connectivity index (χ0v) is 81.9. The van der Waals surface area contributed by atoms with Crippen LogP contribution in [0.15, 0.2) is 9.98 Å². The van der Waals surface area contributed by atoms with E-state index in [4.69, 9.17) is 51.6 Å². The lowest BCUT2D eigenvalue weighted by Crippen LogP contribution is -2.61. The molecule has 33 N–H and O–H groups in total. The number of carbonyl (C=O) groups excluding carboxylic acids is 14. The van der Waals surface area contributed by atoms with Crippen LogP contribution in [0.2, 0.25) is 0 Å². The molecule has 0 aliphatic rings. The summed E-state index contributed by atoms with van der Waals surface area (Å²) in [5.74, 6) is -14.1. The van der Waals surface area contributed by atoms with Gasteiger partial charge in [0.2, 0.25) is 82.7 Å². The summed E-state index contributed by atoms with van der Waals surface area (Å²) in [6.07, 6.45) is 4.84. The Hall–Kier alpha value is -9.61. The third kappa shape index (κ3) is 54.2. The fourth-order valence-corrected chi connectivity index (χ4v) is 14.6. The average molecular weight is 1860 g/mol. The number of rotatable bonds is 71. The van der Waals surface area contributed by atoms with Crippen LogP contribution in [0.4, 0.5) is 0 Å². The Morgan fingerprint density at radius 3 is 0.527 bits per heavy atom. The molecule has 41 nitrogen and oxygen atoms in total. The van der Waals surface area contributed by atoms with Crippen molar-refractivity contribution >= 4 is 101 Å². The molecule has 0 rings (SSSR count). The lowest BCUT2D eigenvalue weighted by atomic mass is 9.98. The maximum atomic E-state index is 15.0. The highest BCUT2D eigenvalue weighted by molar-refractivity contribution is 6.00. The van der Waals surface area contributed by atoms with Gasteiger partial charge in [0.15, 0.2) is 11.9 Å². The number of carboxylic acids is 1. The minimum absolute atomic E-state index is 0.00217. The first kappa shape index (κ1) is 121. The number of nitrogens with two attached hydrogens (primary N) is 9. The Kier molecular flexibility index (Phi) is 61.8. The summed E-state index contributed by atoms with van der Waals surface area (Å²) in [5, 5.41) is 48.9. The smallest absolute Gasteiger partial charge is 0.326 e. The van der Waals surface area contributed by atoms with Crippen LogP contribution >= 0.6 is 0 Å². The average Bonchev–Trinajstić information content (AvgIpc) is 0.850. The van der Waals surface area contributed by atoms with E-state index in [1.165, 1.54) is 0 Å². The quantitative estimate of drug-likeness (QED) is 0.0220. The fourth-order valence-electron chi connectivity index (χ4n) is 14.6. The van der Waals surface area contributed by atoms with E-state index in [0.717, 1.165) is 0 Å². The van der Waals surface area contributed by atoms with Gasteiger partial charge in [0, 0.05) is 13.1 Å². The third-order valence-electron chi connectivity index (χ3n) is 21.2. The van der Waals surface area contributed by atoms with E-state index in [0.29, 0.717) is 70.9 Å². The van der Waals surface area contributed by atoms with E-state index in [-0.39, 0.29) is 194 Å². The molecule has 0 aromatic rings. The number of hydrogen-bond donors (Lipinski definition) is 24. The van der Waals surface area contributed by atoms with Gasteiger partial charge >= 0.3 is 5.97 Å². The van der Waals surface area contributed by atoms with E-state index in [1.54, 1.807) is 41.5 Å². The normalized spacial score (nSPS) is 15.0. The molecule has 0 aromatic heterocycles. The zero-order valence-electron chi connectivity index (χ0n) is 81.9. The van der Waals surface area contributed by atoms with Gasteiger partial charge in [-0.05, 0) is 234 Å². The van der Waals surface area contributed by atoms with Crippen LogP contribution in [0.1, 0.15) is 285 Å². The third-order valence-corrected chi connectivity index (χ3v) is 21.2. The minimum Gasteiger partial charge on any atom is -0.480 e. The van der Waals surface area contributed by atoms with Gasteiger partial charge in [0.05, 0.1) is 6.04 Å². The Bertz CT molecular complexity index is 3530. The minimum atomic E-state index is -1.38. The molecular weight excluding hydrogens is 1690 g/mol. The van der Waals surface area contributed by atoms with Crippen molar-refractivity contribution in [3.8, 4) is 0 Å². The van der Waals surface area contributed by atoms with Gasteiger partial charge < -0.3 is 131 Å². The first-order valence-electron chi connectivity index (χ1n) is 47.5. The Balaban J connectivity index is 7.59. The molecule has 41 heteroatoms. The van der Waals surface area contributed by atoms with Crippen molar-refractivity contribution in [2.24, 2.45) is 115 Å². The summed E-state index contributed by atoms with van der Waals surface area (Å²) in [5.41, 5.74) is 52.0. The van der Waals surface area contributed by atoms with Crippen LogP contribution in [0.3, 0.4) is 0 Å². The van der Waals surface area contributed by atoms with Gasteiger partial charge in [-0.15, -0.1) is 0 Å². The van der Waals surface area contributed by atoms with Gasteiger partial charge in [0.1, 0.15) is 84.6 Å². The summed E-state index contributed by atoms with van der Waals surface area (Å²) < 4.78 is 0. The second-order valence-electron chi connectivity index (χ2n) is 38.5. The van der Waals surface area contributed by atoms with Crippen molar-refractivity contribution in [1.82, 2.24) is 74.4 Å².